The van der Waals surface area contributed by atoms with E-state index in [1.165, 1.54) is 12.1 Å². The van der Waals surface area contributed by atoms with E-state index in [-0.39, 0.29) is 29.4 Å². The van der Waals surface area contributed by atoms with Crippen LogP contribution in [0.3, 0.4) is 0 Å². The molecule has 146 valence electrons. The number of aliphatic hydroxyl groups excluding tert-OH is 1. The summed E-state index contributed by atoms with van der Waals surface area (Å²) in [5, 5.41) is 17.0. The number of nitrogens with two attached hydrogens (primary N) is 1. The average Bonchev–Trinajstić information content (AvgIpc) is 2.98. The lowest BCUT2D eigenvalue weighted by Crippen LogP contribution is -2.28. The summed E-state index contributed by atoms with van der Waals surface area (Å²) in [4.78, 5) is 11.8. The Morgan fingerprint density at radius 1 is 1.30 bits per heavy atom. The summed E-state index contributed by atoms with van der Waals surface area (Å²) >= 11 is 0. The van der Waals surface area contributed by atoms with Crippen LogP contribution in [0.4, 0.5) is 24.7 Å². The molecule has 1 heterocycles. The number of halogens is 3. The van der Waals surface area contributed by atoms with Crippen LogP contribution in [0.25, 0.3) is 0 Å². The molecule has 3 unspecified atom stereocenters. The van der Waals surface area contributed by atoms with Crippen molar-refractivity contribution in [3.8, 4) is 0 Å². The first-order chi connectivity index (χ1) is 12.6. The molecule has 1 saturated carbocycles. The summed E-state index contributed by atoms with van der Waals surface area (Å²) in [6.45, 7) is 2.00. The molecule has 1 aliphatic rings. The number of carbonyl (C=O) groups excluding carboxylic acids is 1. The Morgan fingerprint density at radius 2 is 1.96 bits per heavy atom. The predicted molar refractivity (Wildman–Crippen MR) is 93.5 cm³/mol. The molecule has 0 saturated heterocycles. The van der Waals surface area contributed by atoms with Gasteiger partial charge in [-0.05, 0) is 49.4 Å². The summed E-state index contributed by atoms with van der Waals surface area (Å²) < 4.78 is 39.7. The maximum absolute atomic E-state index is 12.7. The van der Waals surface area contributed by atoms with Gasteiger partial charge in [0, 0.05) is 11.9 Å². The quantitative estimate of drug-likeness (QED) is 0.755. The van der Waals surface area contributed by atoms with Crippen molar-refractivity contribution in [2.75, 3.05) is 5.32 Å². The minimum Gasteiger partial charge on any atom is -0.393 e. The number of hydrogen-bond donors (Lipinski definition) is 3. The maximum atomic E-state index is 12.7. The molecule has 27 heavy (non-hydrogen) atoms. The number of benzene rings is 1. The highest BCUT2D eigenvalue weighted by Crippen LogP contribution is 2.35. The van der Waals surface area contributed by atoms with Crippen molar-refractivity contribution >= 4 is 17.4 Å². The molecule has 9 heteroatoms. The molecular weight excluding hydrogens is 361 g/mol. The Morgan fingerprint density at radius 3 is 2.52 bits per heavy atom. The molecule has 2 aromatic rings. The van der Waals surface area contributed by atoms with Gasteiger partial charge >= 0.3 is 6.18 Å². The summed E-state index contributed by atoms with van der Waals surface area (Å²) in [5.74, 6) is -0.326. The third-order valence-corrected chi connectivity index (χ3v) is 4.91. The number of nitrogens with zero attached hydrogens (tertiary/aromatic N) is 2. The molecular formula is C18H21F3N4O2. The van der Waals surface area contributed by atoms with Crippen molar-refractivity contribution < 1.29 is 23.1 Å². The number of nitrogens with one attached hydrogen (secondary N) is 1. The van der Waals surface area contributed by atoms with Gasteiger partial charge in [-0.1, -0.05) is 6.92 Å². The van der Waals surface area contributed by atoms with Crippen LogP contribution < -0.4 is 11.1 Å². The van der Waals surface area contributed by atoms with Crippen LogP contribution in [-0.2, 0) is 6.18 Å². The van der Waals surface area contributed by atoms with Crippen LogP contribution in [0.1, 0.15) is 48.1 Å². The van der Waals surface area contributed by atoms with Gasteiger partial charge in [-0.15, -0.1) is 0 Å². The SMILES string of the molecule is CC1CC(O)CCC1n1cc(C(N)=O)c(Nc2ccc(C(F)(F)F)cc2)n1. The smallest absolute Gasteiger partial charge is 0.393 e. The van der Waals surface area contributed by atoms with Crippen LogP contribution in [0, 0.1) is 5.92 Å². The third-order valence-electron chi connectivity index (χ3n) is 4.91. The molecule has 0 radical (unpaired) electrons. The first kappa shape index (κ1) is 19.2. The minimum atomic E-state index is -4.42. The molecule has 1 aromatic heterocycles. The van der Waals surface area contributed by atoms with Gasteiger partial charge in [0.15, 0.2) is 5.82 Å². The highest BCUT2D eigenvalue weighted by atomic mass is 19.4. The number of aliphatic hydroxyl groups is 1. The fourth-order valence-corrected chi connectivity index (χ4v) is 3.46. The Hall–Kier alpha value is -2.55. The van der Waals surface area contributed by atoms with Crippen molar-refractivity contribution in [1.82, 2.24) is 9.78 Å². The van der Waals surface area contributed by atoms with Crippen molar-refractivity contribution in [2.24, 2.45) is 11.7 Å². The van der Waals surface area contributed by atoms with Crippen molar-refractivity contribution in [3.05, 3.63) is 41.6 Å². The average molecular weight is 382 g/mol. The monoisotopic (exact) mass is 382 g/mol. The first-order valence-corrected chi connectivity index (χ1v) is 8.66. The predicted octanol–water partition coefficient (Wildman–Crippen LogP) is 3.47. The largest absolute Gasteiger partial charge is 0.416 e. The van der Waals surface area contributed by atoms with E-state index >= 15 is 0 Å². The van der Waals surface area contributed by atoms with Gasteiger partial charge in [0.2, 0.25) is 0 Å². The van der Waals surface area contributed by atoms with Gasteiger partial charge < -0.3 is 16.2 Å². The van der Waals surface area contributed by atoms with Gasteiger partial charge in [0.1, 0.15) is 5.56 Å². The minimum absolute atomic E-state index is 0.00894. The Balaban J connectivity index is 1.85. The fourth-order valence-electron chi connectivity index (χ4n) is 3.46. The van der Waals surface area contributed by atoms with Crippen LogP contribution >= 0.6 is 0 Å². The summed E-state index contributed by atoms with van der Waals surface area (Å²) in [6.07, 6.45) is -1.22. The number of carbonyl (C=O) groups is 1. The molecule has 1 aromatic carbocycles. The molecule has 3 rings (SSSR count). The second-order valence-electron chi connectivity index (χ2n) is 6.95. The van der Waals surface area contributed by atoms with Gasteiger partial charge in [0.25, 0.3) is 5.91 Å². The maximum Gasteiger partial charge on any atom is 0.416 e. The van der Waals surface area contributed by atoms with Gasteiger partial charge in [-0.2, -0.15) is 18.3 Å². The Bertz CT molecular complexity index is 817. The van der Waals surface area contributed by atoms with Gasteiger partial charge in [-0.3, -0.25) is 9.48 Å². The van der Waals surface area contributed by atoms with Crippen molar-refractivity contribution in [1.29, 1.82) is 0 Å². The van der Waals surface area contributed by atoms with Crippen LogP contribution in [0.2, 0.25) is 0 Å². The molecule has 1 amide bonds. The highest BCUT2D eigenvalue weighted by Gasteiger charge is 2.31. The second-order valence-corrected chi connectivity index (χ2v) is 6.95. The van der Waals surface area contributed by atoms with Crippen molar-refractivity contribution in [2.45, 2.75) is 44.5 Å². The van der Waals surface area contributed by atoms with E-state index < -0.39 is 17.6 Å². The number of anilines is 2. The molecule has 4 N–H and O–H groups in total. The number of alkyl halides is 3. The van der Waals surface area contributed by atoms with E-state index in [0.29, 0.717) is 24.9 Å². The van der Waals surface area contributed by atoms with Gasteiger partial charge in [0.05, 0.1) is 17.7 Å². The number of hydrogen-bond acceptors (Lipinski definition) is 4. The van der Waals surface area contributed by atoms with E-state index in [2.05, 4.69) is 10.4 Å². The van der Waals surface area contributed by atoms with E-state index in [1.54, 1.807) is 10.9 Å². The normalized spacial score (nSPS) is 23.2. The Labute approximate surface area is 154 Å². The second kappa shape index (κ2) is 7.22. The van der Waals surface area contributed by atoms with E-state index in [0.717, 1.165) is 12.1 Å². The molecule has 6 nitrogen and oxygen atoms in total. The summed E-state index contributed by atoms with van der Waals surface area (Å²) in [7, 11) is 0. The third kappa shape index (κ3) is 4.24. The molecule has 3 atom stereocenters. The molecule has 0 bridgehead atoms. The number of aromatic nitrogens is 2. The lowest BCUT2D eigenvalue weighted by atomic mass is 9.84. The van der Waals surface area contributed by atoms with E-state index in [4.69, 9.17) is 5.73 Å². The van der Waals surface area contributed by atoms with Crippen LogP contribution in [-0.4, -0.2) is 26.9 Å². The summed E-state index contributed by atoms with van der Waals surface area (Å²) in [6, 6.07) is 4.45. The molecule has 1 fully saturated rings. The standard InChI is InChI=1S/C18H21F3N4O2/c1-10-8-13(26)6-7-15(10)25-9-14(16(22)27)17(24-25)23-12-4-2-11(3-5-12)18(19,20)21/h2-5,9-10,13,15,26H,6-8H2,1H3,(H2,22,27)(H,23,24). The fraction of sp³-hybridized carbons (Fsp3) is 0.444. The Kier molecular flexibility index (Phi) is 5.14. The zero-order chi connectivity index (χ0) is 19.8. The zero-order valence-corrected chi connectivity index (χ0v) is 14.7. The van der Waals surface area contributed by atoms with Gasteiger partial charge in [-0.25, -0.2) is 0 Å². The first-order valence-electron chi connectivity index (χ1n) is 8.66. The number of amides is 1. The molecule has 1 aliphatic carbocycles. The number of rotatable bonds is 4. The molecule has 0 aliphatic heterocycles. The van der Waals surface area contributed by atoms with Crippen LogP contribution in [0.5, 0.6) is 0 Å². The topological polar surface area (TPSA) is 93.2 Å². The molecule has 0 spiro atoms. The van der Waals surface area contributed by atoms with E-state index in [9.17, 15) is 23.1 Å². The highest BCUT2D eigenvalue weighted by molar-refractivity contribution is 5.98. The summed E-state index contributed by atoms with van der Waals surface area (Å²) in [5.41, 5.74) is 5.19. The number of primary amides is 1. The van der Waals surface area contributed by atoms with Crippen LogP contribution in [0.15, 0.2) is 30.5 Å². The lowest BCUT2D eigenvalue weighted by Gasteiger charge is -2.31. The zero-order valence-electron chi connectivity index (χ0n) is 14.7. The van der Waals surface area contributed by atoms with E-state index in [1.807, 2.05) is 6.92 Å². The lowest BCUT2D eigenvalue weighted by molar-refractivity contribution is -0.137. The van der Waals surface area contributed by atoms with Crippen molar-refractivity contribution in [3.63, 3.8) is 0 Å².